The summed E-state index contributed by atoms with van der Waals surface area (Å²) in [5.74, 6) is -0.0583. The second kappa shape index (κ2) is 6.77. The van der Waals surface area contributed by atoms with E-state index in [1.807, 2.05) is 19.9 Å². The summed E-state index contributed by atoms with van der Waals surface area (Å²) in [5.41, 5.74) is 2.19. The number of anilines is 1. The lowest BCUT2D eigenvalue weighted by molar-refractivity contribution is -0.116. The average Bonchev–Trinajstić information content (AvgIpc) is 2.38. The number of benzene rings is 1. The SMILES string of the molecule is COC(C)CCC(=O)Nc1cc(C#N)ccc1C. The van der Waals surface area contributed by atoms with Crippen molar-refractivity contribution >= 4 is 11.6 Å². The lowest BCUT2D eigenvalue weighted by Crippen LogP contribution is -2.15. The fraction of sp³-hybridized carbons (Fsp3) is 0.429. The van der Waals surface area contributed by atoms with Crippen LogP contribution in [-0.2, 0) is 9.53 Å². The Hall–Kier alpha value is -1.86. The quantitative estimate of drug-likeness (QED) is 0.868. The van der Waals surface area contributed by atoms with E-state index in [9.17, 15) is 4.79 Å². The third kappa shape index (κ3) is 4.19. The van der Waals surface area contributed by atoms with Gasteiger partial charge in [0.1, 0.15) is 0 Å². The number of nitriles is 1. The van der Waals surface area contributed by atoms with Crippen molar-refractivity contribution in [3.8, 4) is 6.07 Å². The first-order valence-electron chi connectivity index (χ1n) is 5.90. The van der Waals surface area contributed by atoms with E-state index in [1.165, 1.54) is 0 Å². The van der Waals surface area contributed by atoms with Gasteiger partial charge in [0.25, 0.3) is 0 Å². The summed E-state index contributed by atoms with van der Waals surface area (Å²) >= 11 is 0. The van der Waals surface area contributed by atoms with Crippen molar-refractivity contribution in [3.63, 3.8) is 0 Å². The molecule has 96 valence electrons. The zero-order valence-corrected chi connectivity index (χ0v) is 11.0. The van der Waals surface area contributed by atoms with Crippen LogP contribution in [0.4, 0.5) is 5.69 Å². The molecule has 4 heteroatoms. The molecule has 0 bridgehead atoms. The molecule has 0 heterocycles. The summed E-state index contributed by atoms with van der Waals surface area (Å²) in [6.45, 7) is 3.82. The van der Waals surface area contributed by atoms with Gasteiger partial charge >= 0.3 is 0 Å². The normalized spacial score (nSPS) is 11.7. The second-order valence-corrected chi connectivity index (χ2v) is 4.27. The van der Waals surface area contributed by atoms with Crippen molar-refractivity contribution in [2.45, 2.75) is 32.8 Å². The fourth-order valence-corrected chi connectivity index (χ4v) is 1.49. The molecule has 1 rings (SSSR count). The van der Waals surface area contributed by atoms with Crippen LogP contribution >= 0.6 is 0 Å². The Labute approximate surface area is 108 Å². The van der Waals surface area contributed by atoms with Gasteiger partial charge in [0, 0.05) is 19.2 Å². The lowest BCUT2D eigenvalue weighted by atomic mass is 10.1. The molecule has 0 aliphatic rings. The van der Waals surface area contributed by atoms with Crippen molar-refractivity contribution < 1.29 is 9.53 Å². The van der Waals surface area contributed by atoms with Crippen molar-refractivity contribution in [1.82, 2.24) is 0 Å². The maximum atomic E-state index is 11.7. The van der Waals surface area contributed by atoms with E-state index in [2.05, 4.69) is 11.4 Å². The van der Waals surface area contributed by atoms with Gasteiger partial charge in [0.2, 0.25) is 5.91 Å². The third-order valence-corrected chi connectivity index (χ3v) is 2.82. The predicted molar refractivity (Wildman–Crippen MR) is 70.2 cm³/mol. The molecule has 18 heavy (non-hydrogen) atoms. The van der Waals surface area contributed by atoms with Gasteiger partial charge in [-0.2, -0.15) is 5.26 Å². The summed E-state index contributed by atoms with van der Waals surface area (Å²) in [6.07, 6.45) is 1.16. The van der Waals surface area contributed by atoms with Crippen LogP contribution < -0.4 is 5.32 Å². The summed E-state index contributed by atoms with van der Waals surface area (Å²) < 4.78 is 5.09. The minimum absolute atomic E-state index is 0.0583. The van der Waals surface area contributed by atoms with Crippen LogP contribution in [0.1, 0.15) is 30.9 Å². The van der Waals surface area contributed by atoms with Gasteiger partial charge in [0.15, 0.2) is 0 Å². The van der Waals surface area contributed by atoms with Crippen molar-refractivity contribution in [2.75, 3.05) is 12.4 Å². The molecular formula is C14H18N2O2. The first-order valence-corrected chi connectivity index (χ1v) is 5.90. The number of rotatable bonds is 5. The Bertz CT molecular complexity index is 463. The molecule has 4 nitrogen and oxygen atoms in total. The highest BCUT2D eigenvalue weighted by Gasteiger charge is 2.08. The highest BCUT2D eigenvalue weighted by molar-refractivity contribution is 5.91. The van der Waals surface area contributed by atoms with E-state index in [-0.39, 0.29) is 12.0 Å². The highest BCUT2D eigenvalue weighted by atomic mass is 16.5. The van der Waals surface area contributed by atoms with E-state index in [1.54, 1.807) is 19.2 Å². The number of hydrogen-bond acceptors (Lipinski definition) is 3. The van der Waals surface area contributed by atoms with Crippen LogP contribution in [0.5, 0.6) is 0 Å². The van der Waals surface area contributed by atoms with Crippen LogP contribution in [0.2, 0.25) is 0 Å². The van der Waals surface area contributed by atoms with Gasteiger partial charge in [0.05, 0.1) is 17.7 Å². The number of amides is 1. The molecule has 1 aromatic rings. The Kier molecular flexibility index (Phi) is 5.34. The maximum Gasteiger partial charge on any atom is 0.224 e. The van der Waals surface area contributed by atoms with Crippen LogP contribution in [0.15, 0.2) is 18.2 Å². The Morgan fingerprint density at radius 2 is 2.28 bits per heavy atom. The summed E-state index contributed by atoms with van der Waals surface area (Å²) in [7, 11) is 1.63. The molecule has 1 N–H and O–H groups in total. The average molecular weight is 246 g/mol. The molecule has 0 aliphatic carbocycles. The number of aryl methyl sites for hydroxylation is 1. The zero-order chi connectivity index (χ0) is 13.5. The molecule has 0 saturated carbocycles. The molecule has 0 spiro atoms. The topological polar surface area (TPSA) is 62.1 Å². The van der Waals surface area contributed by atoms with Crippen LogP contribution in [0.25, 0.3) is 0 Å². The molecule has 0 aromatic heterocycles. The Morgan fingerprint density at radius 1 is 1.56 bits per heavy atom. The summed E-state index contributed by atoms with van der Waals surface area (Å²) in [5, 5.41) is 11.6. The summed E-state index contributed by atoms with van der Waals surface area (Å²) in [6, 6.07) is 7.30. The number of carbonyl (C=O) groups is 1. The second-order valence-electron chi connectivity index (χ2n) is 4.27. The molecule has 0 radical (unpaired) electrons. The van der Waals surface area contributed by atoms with Crippen molar-refractivity contribution in [1.29, 1.82) is 5.26 Å². The maximum absolute atomic E-state index is 11.7. The van der Waals surface area contributed by atoms with Crippen molar-refractivity contribution in [2.24, 2.45) is 0 Å². The van der Waals surface area contributed by atoms with E-state index in [0.29, 0.717) is 24.1 Å². The molecule has 1 unspecified atom stereocenters. The largest absolute Gasteiger partial charge is 0.382 e. The minimum Gasteiger partial charge on any atom is -0.382 e. The molecule has 1 aromatic carbocycles. The zero-order valence-electron chi connectivity index (χ0n) is 11.0. The van der Waals surface area contributed by atoms with Gasteiger partial charge in [-0.05, 0) is 38.0 Å². The number of nitrogens with one attached hydrogen (secondary N) is 1. The van der Waals surface area contributed by atoms with Gasteiger partial charge < -0.3 is 10.1 Å². The first-order chi connectivity index (χ1) is 8.56. The first kappa shape index (κ1) is 14.2. The van der Waals surface area contributed by atoms with E-state index in [4.69, 9.17) is 10.00 Å². The molecule has 0 aliphatic heterocycles. The number of methoxy groups -OCH3 is 1. The minimum atomic E-state index is -0.0583. The van der Waals surface area contributed by atoms with Gasteiger partial charge in [-0.25, -0.2) is 0 Å². The van der Waals surface area contributed by atoms with Crippen molar-refractivity contribution in [3.05, 3.63) is 29.3 Å². The third-order valence-electron chi connectivity index (χ3n) is 2.82. The van der Waals surface area contributed by atoms with E-state index in [0.717, 1.165) is 5.56 Å². The van der Waals surface area contributed by atoms with Gasteiger partial charge in [-0.1, -0.05) is 6.07 Å². The number of ether oxygens (including phenoxy) is 1. The van der Waals surface area contributed by atoms with E-state index < -0.39 is 0 Å². The molecule has 0 fully saturated rings. The van der Waals surface area contributed by atoms with Gasteiger partial charge in [-0.3, -0.25) is 4.79 Å². The monoisotopic (exact) mass is 246 g/mol. The van der Waals surface area contributed by atoms with E-state index >= 15 is 0 Å². The Morgan fingerprint density at radius 3 is 2.89 bits per heavy atom. The number of hydrogen-bond donors (Lipinski definition) is 1. The molecule has 1 atom stereocenters. The Balaban J connectivity index is 2.62. The summed E-state index contributed by atoms with van der Waals surface area (Å²) in [4.78, 5) is 11.7. The smallest absolute Gasteiger partial charge is 0.224 e. The number of nitrogens with zero attached hydrogens (tertiary/aromatic N) is 1. The lowest BCUT2D eigenvalue weighted by Gasteiger charge is -2.11. The van der Waals surface area contributed by atoms with Crippen LogP contribution in [0.3, 0.4) is 0 Å². The predicted octanol–water partition coefficient (Wildman–Crippen LogP) is 2.62. The van der Waals surface area contributed by atoms with Crippen LogP contribution in [-0.4, -0.2) is 19.1 Å². The molecular weight excluding hydrogens is 228 g/mol. The van der Waals surface area contributed by atoms with Gasteiger partial charge in [-0.15, -0.1) is 0 Å². The highest BCUT2D eigenvalue weighted by Crippen LogP contribution is 2.17. The van der Waals surface area contributed by atoms with Crippen LogP contribution in [0, 0.1) is 18.3 Å². The standard InChI is InChI=1S/C14H18N2O2/c1-10-4-6-12(9-15)8-13(10)16-14(17)7-5-11(2)18-3/h4,6,8,11H,5,7H2,1-3H3,(H,16,17). The number of carbonyl (C=O) groups excluding carboxylic acids is 1. The molecule has 0 saturated heterocycles. The molecule has 1 amide bonds. The fourth-order valence-electron chi connectivity index (χ4n) is 1.49.